The van der Waals surface area contributed by atoms with E-state index >= 15 is 0 Å². The van der Waals surface area contributed by atoms with Gasteiger partial charge in [0.1, 0.15) is 0 Å². The van der Waals surface area contributed by atoms with Gasteiger partial charge in [0.2, 0.25) is 5.91 Å². The molecule has 1 saturated heterocycles. The molecule has 1 fully saturated rings. The smallest absolute Gasteiger partial charge is 0.335 e. The maximum atomic E-state index is 12.8. The van der Waals surface area contributed by atoms with Gasteiger partial charge in [-0.1, -0.05) is 26.0 Å². The number of likely N-dealkylation sites (tertiary alicyclic amines) is 1. The number of urea groups is 1. The number of carbonyl (C=O) groups excluding carboxylic acids is 2. The first-order chi connectivity index (χ1) is 12.8. The van der Waals surface area contributed by atoms with Gasteiger partial charge in [-0.25, -0.2) is 9.59 Å². The largest absolute Gasteiger partial charge is 0.478 e. The van der Waals surface area contributed by atoms with Crippen molar-refractivity contribution in [3.05, 3.63) is 35.4 Å². The van der Waals surface area contributed by atoms with Gasteiger partial charge in [-0.2, -0.15) is 0 Å². The number of benzene rings is 1. The van der Waals surface area contributed by atoms with Crippen LogP contribution in [0.2, 0.25) is 0 Å². The summed E-state index contributed by atoms with van der Waals surface area (Å²) in [4.78, 5) is 39.3. The van der Waals surface area contributed by atoms with Gasteiger partial charge in [-0.15, -0.1) is 0 Å². The van der Waals surface area contributed by atoms with E-state index in [2.05, 4.69) is 5.32 Å². The summed E-state index contributed by atoms with van der Waals surface area (Å²) in [6, 6.07) is 6.42. The molecule has 0 radical (unpaired) electrons. The lowest BCUT2D eigenvalue weighted by atomic mass is 9.96. The predicted octanol–water partition coefficient (Wildman–Crippen LogP) is 2.42. The standard InChI is InChI=1S/C20H29N3O4/c1-14(2)11-21-20(27)23-10-4-5-17(13-23)18(24)22(3)12-15-6-8-16(9-7-15)19(25)26/h6-9,14,17H,4-5,10-13H2,1-3H3,(H,21,27)(H,25,26). The Hall–Kier alpha value is -2.57. The van der Waals surface area contributed by atoms with Crippen molar-refractivity contribution in [3.8, 4) is 0 Å². The van der Waals surface area contributed by atoms with Crippen molar-refractivity contribution in [1.29, 1.82) is 0 Å². The van der Waals surface area contributed by atoms with Gasteiger partial charge in [0.15, 0.2) is 0 Å². The Bertz CT molecular complexity index is 672. The number of aromatic carboxylic acids is 1. The van der Waals surface area contributed by atoms with Crippen molar-refractivity contribution >= 4 is 17.9 Å². The molecule has 0 aliphatic carbocycles. The van der Waals surface area contributed by atoms with Gasteiger partial charge in [-0.05, 0) is 36.5 Å². The van der Waals surface area contributed by atoms with Gasteiger partial charge in [-0.3, -0.25) is 4.79 Å². The van der Waals surface area contributed by atoms with Gasteiger partial charge in [0.05, 0.1) is 11.5 Å². The minimum absolute atomic E-state index is 0.0127. The van der Waals surface area contributed by atoms with Crippen LogP contribution in [0.15, 0.2) is 24.3 Å². The summed E-state index contributed by atoms with van der Waals surface area (Å²) >= 11 is 0. The molecule has 2 rings (SSSR count). The Kier molecular flexibility index (Phi) is 7.21. The molecule has 0 bridgehead atoms. The van der Waals surface area contributed by atoms with Crippen LogP contribution in [0.4, 0.5) is 4.79 Å². The fourth-order valence-electron chi connectivity index (χ4n) is 3.18. The Morgan fingerprint density at radius 2 is 1.93 bits per heavy atom. The minimum Gasteiger partial charge on any atom is -0.478 e. The van der Waals surface area contributed by atoms with Crippen LogP contribution >= 0.6 is 0 Å². The average Bonchev–Trinajstić information content (AvgIpc) is 2.65. The number of rotatable bonds is 6. The van der Waals surface area contributed by atoms with Crippen LogP contribution in [0, 0.1) is 11.8 Å². The highest BCUT2D eigenvalue weighted by Gasteiger charge is 2.30. The average molecular weight is 375 g/mol. The predicted molar refractivity (Wildman–Crippen MR) is 102 cm³/mol. The summed E-state index contributed by atoms with van der Waals surface area (Å²) in [6.07, 6.45) is 1.59. The summed E-state index contributed by atoms with van der Waals surface area (Å²) < 4.78 is 0. The highest BCUT2D eigenvalue weighted by molar-refractivity contribution is 5.87. The monoisotopic (exact) mass is 375 g/mol. The number of carbonyl (C=O) groups is 3. The number of nitrogens with one attached hydrogen (secondary N) is 1. The highest BCUT2D eigenvalue weighted by atomic mass is 16.4. The van der Waals surface area contributed by atoms with E-state index in [0.717, 1.165) is 18.4 Å². The van der Waals surface area contributed by atoms with Gasteiger partial charge in [0, 0.05) is 33.2 Å². The lowest BCUT2D eigenvalue weighted by molar-refractivity contribution is -0.136. The van der Waals surface area contributed by atoms with Gasteiger partial charge >= 0.3 is 12.0 Å². The van der Waals surface area contributed by atoms with E-state index in [9.17, 15) is 14.4 Å². The third-order valence-electron chi connectivity index (χ3n) is 4.72. The number of piperidine rings is 1. The zero-order valence-corrected chi connectivity index (χ0v) is 16.3. The second-order valence-electron chi connectivity index (χ2n) is 7.56. The lowest BCUT2D eigenvalue weighted by Gasteiger charge is -2.34. The molecule has 0 spiro atoms. The van der Waals surface area contributed by atoms with Gasteiger partial charge < -0.3 is 20.2 Å². The topological polar surface area (TPSA) is 90.0 Å². The first-order valence-corrected chi connectivity index (χ1v) is 9.38. The van der Waals surface area contributed by atoms with Crippen LogP contribution in [0.3, 0.4) is 0 Å². The van der Waals surface area contributed by atoms with Crippen molar-refractivity contribution in [2.75, 3.05) is 26.7 Å². The Morgan fingerprint density at radius 3 is 2.52 bits per heavy atom. The molecule has 27 heavy (non-hydrogen) atoms. The van der Waals surface area contributed by atoms with E-state index in [1.165, 1.54) is 12.1 Å². The molecule has 1 unspecified atom stereocenters. The summed E-state index contributed by atoms with van der Waals surface area (Å²) in [7, 11) is 1.74. The molecule has 7 nitrogen and oxygen atoms in total. The highest BCUT2D eigenvalue weighted by Crippen LogP contribution is 2.20. The second-order valence-corrected chi connectivity index (χ2v) is 7.56. The Balaban J connectivity index is 1.91. The van der Waals surface area contributed by atoms with Crippen LogP contribution in [0.25, 0.3) is 0 Å². The number of carboxylic acid groups (broad SMARTS) is 1. The zero-order valence-electron chi connectivity index (χ0n) is 16.3. The first-order valence-electron chi connectivity index (χ1n) is 9.38. The Morgan fingerprint density at radius 1 is 1.26 bits per heavy atom. The number of hydrogen-bond acceptors (Lipinski definition) is 3. The maximum absolute atomic E-state index is 12.8. The van der Waals surface area contributed by atoms with Crippen molar-refractivity contribution in [2.24, 2.45) is 11.8 Å². The fourth-order valence-corrected chi connectivity index (χ4v) is 3.18. The summed E-state index contributed by atoms with van der Waals surface area (Å²) in [5.74, 6) is -0.774. The van der Waals surface area contributed by atoms with E-state index in [1.807, 2.05) is 13.8 Å². The number of nitrogens with zero attached hydrogens (tertiary/aromatic N) is 2. The molecule has 1 aliphatic rings. The molecule has 7 heteroatoms. The molecule has 1 aliphatic heterocycles. The van der Waals surface area contributed by atoms with E-state index in [1.54, 1.807) is 29.0 Å². The van der Waals surface area contributed by atoms with Crippen LogP contribution in [-0.2, 0) is 11.3 Å². The summed E-state index contributed by atoms with van der Waals surface area (Å²) in [5.41, 5.74) is 1.10. The molecule has 1 aromatic rings. The lowest BCUT2D eigenvalue weighted by Crippen LogP contribution is -2.49. The third kappa shape index (κ3) is 5.98. The minimum atomic E-state index is -0.968. The number of carboxylic acids is 1. The summed E-state index contributed by atoms with van der Waals surface area (Å²) in [5, 5.41) is 11.9. The van der Waals surface area contributed by atoms with Crippen LogP contribution in [-0.4, -0.2) is 59.5 Å². The van der Waals surface area contributed by atoms with E-state index < -0.39 is 5.97 Å². The molecular weight excluding hydrogens is 346 g/mol. The second kappa shape index (κ2) is 9.39. The zero-order chi connectivity index (χ0) is 20.0. The third-order valence-corrected chi connectivity index (χ3v) is 4.72. The summed E-state index contributed by atoms with van der Waals surface area (Å²) in [6.45, 7) is 6.23. The normalized spacial score (nSPS) is 16.9. The SMILES string of the molecule is CC(C)CNC(=O)N1CCCC(C(=O)N(C)Cc2ccc(C(=O)O)cc2)C1. The van der Waals surface area contributed by atoms with Crippen molar-refractivity contribution < 1.29 is 19.5 Å². The van der Waals surface area contributed by atoms with Crippen molar-refractivity contribution in [1.82, 2.24) is 15.1 Å². The van der Waals surface area contributed by atoms with Crippen LogP contribution in [0.1, 0.15) is 42.6 Å². The first kappa shape index (κ1) is 20.7. The van der Waals surface area contributed by atoms with Gasteiger partial charge in [0.25, 0.3) is 0 Å². The van der Waals surface area contributed by atoms with Crippen LogP contribution < -0.4 is 5.32 Å². The molecule has 1 aromatic carbocycles. The van der Waals surface area contributed by atoms with Crippen molar-refractivity contribution in [2.45, 2.75) is 33.2 Å². The van der Waals surface area contributed by atoms with Crippen LogP contribution in [0.5, 0.6) is 0 Å². The van der Waals surface area contributed by atoms with Crippen molar-refractivity contribution in [3.63, 3.8) is 0 Å². The van der Waals surface area contributed by atoms with E-state index in [-0.39, 0.29) is 23.4 Å². The molecule has 1 heterocycles. The molecule has 2 N–H and O–H groups in total. The number of amides is 3. The Labute approximate surface area is 160 Å². The number of hydrogen-bond donors (Lipinski definition) is 2. The van der Waals surface area contributed by atoms with E-state index in [0.29, 0.717) is 32.1 Å². The molecule has 1 atom stereocenters. The molecule has 148 valence electrons. The molecule has 0 saturated carbocycles. The molecule has 3 amide bonds. The molecule has 0 aromatic heterocycles. The quantitative estimate of drug-likeness (QED) is 0.799. The fraction of sp³-hybridized carbons (Fsp3) is 0.550. The maximum Gasteiger partial charge on any atom is 0.335 e. The van der Waals surface area contributed by atoms with E-state index in [4.69, 9.17) is 5.11 Å². The molecular formula is C20H29N3O4.